The number of aliphatic hydroxyl groups is 1. The van der Waals surface area contributed by atoms with Gasteiger partial charge in [-0.1, -0.05) is 24.3 Å². The molecule has 1 amide bonds. The number of methoxy groups -OCH3 is 1. The van der Waals surface area contributed by atoms with E-state index in [0.29, 0.717) is 49.6 Å². The van der Waals surface area contributed by atoms with Gasteiger partial charge < -0.3 is 19.5 Å². The van der Waals surface area contributed by atoms with E-state index in [4.69, 9.17) is 9.47 Å². The van der Waals surface area contributed by atoms with Crippen LogP contribution in [0.15, 0.2) is 48.5 Å². The van der Waals surface area contributed by atoms with Crippen molar-refractivity contribution in [3.05, 3.63) is 65.5 Å². The smallest absolute Gasteiger partial charge is 0.254 e. The van der Waals surface area contributed by atoms with Crippen molar-refractivity contribution in [2.24, 2.45) is 0 Å². The Morgan fingerprint density at radius 2 is 1.90 bits per heavy atom. The maximum Gasteiger partial charge on any atom is 0.254 e. The average molecular weight is 402 g/mol. The van der Waals surface area contributed by atoms with Crippen molar-refractivity contribution in [3.8, 4) is 5.75 Å². The average Bonchev–Trinajstić information content (AvgIpc) is 2.75. The number of benzene rings is 2. The summed E-state index contributed by atoms with van der Waals surface area (Å²) in [7, 11) is 1.58. The zero-order valence-corrected chi connectivity index (χ0v) is 16.6. The second-order valence-electron chi connectivity index (χ2n) is 7.09. The third-order valence-electron chi connectivity index (χ3n) is 4.97. The van der Waals surface area contributed by atoms with Crippen LogP contribution in [-0.4, -0.2) is 73.4 Å². The molecule has 1 fully saturated rings. The Morgan fingerprint density at radius 3 is 2.62 bits per heavy atom. The molecule has 6 nitrogen and oxygen atoms in total. The van der Waals surface area contributed by atoms with Gasteiger partial charge in [0.2, 0.25) is 0 Å². The van der Waals surface area contributed by atoms with Crippen LogP contribution in [0.1, 0.15) is 15.9 Å². The van der Waals surface area contributed by atoms with E-state index in [-0.39, 0.29) is 24.9 Å². The highest BCUT2D eigenvalue weighted by Crippen LogP contribution is 2.16. The van der Waals surface area contributed by atoms with Crippen LogP contribution >= 0.6 is 0 Å². The summed E-state index contributed by atoms with van der Waals surface area (Å²) in [5, 5.41) is 10.2. The molecule has 0 aliphatic carbocycles. The van der Waals surface area contributed by atoms with E-state index in [2.05, 4.69) is 4.90 Å². The summed E-state index contributed by atoms with van der Waals surface area (Å²) in [4.78, 5) is 16.6. The first-order chi connectivity index (χ1) is 14.1. The number of halogens is 1. The molecule has 2 aromatic rings. The molecule has 0 spiro atoms. The van der Waals surface area contributed by atoms with Gasteiger partial charge in [-0.2, -0.15) is 0 Å². The highest BCUT2D eigenvalue weighted by molar-refractivity contribution is 5.94. The highest BCUT2D eigenvalue weighted by atomic mass is 19.1. The quantitative estimate of drug-likeness (QED) is 0.733. The molecule has 0 aromatic heterocycles. The molecule has 1 N–H and O–H groups in total. The first-order valence-corrected chi connectivity index (χ1v) is 9.71. The first kappa shape index (κ1) is 21.2. The van der Waals surface area contributed by atoms with Crippen molar-refractivity contribution < 1.29 is 23.8 Å². The van der Waals surface area contributed by atoms with Gasteiger partial charge in [0, 0.05) is 43.9 Å². The van der Waals surface area contributed by atoms with Crippen LogP contribution in [0.25, 0.3) is 0 Å². The molecule has 7 heteroatoms. The number of ether oxygens (including phenoxy) is 2. The Kier molecular flexibility index (Phi) is 7.57. The van der Waals surface area contributed by atoms with Gasteiger partial charge in [-0.25, -0.2) is 4.39 Å². The Balaban J connectivity index is 1.40. The molecule has 156 valence electrons. The molecule has 0 saturated carbocycles. The topological polar surface area (TPSA) is 62.2 Å². The maximum absolute atomic E-state index is 13.6. The molecule has 2 aromatic carbocycles. The van der Waals surface area contributed by atoms with Gasteiger partial charge in [-0.05, 0) is 24.3 Å². The summed E-state index contributed by atoms with van der Waals surface area (Å²) < 4.78 is 24.2. The van der Waals surface area contributed by atoms with Crippen molar-refractivity contribution in [1.82, 2.24) is 9.80 Å². The molecule has 1 atom stereocenters. The minimum Gasteiger partial charge on any atom is -0.497 e. The van der Waals surface area contributed by atoms with Gasteiger partial charge in [0.1, 0.15) is 11.6 Å². The van der Waals surface area contributed by atoms with Crippen molar-refractivity contribution >= 4 is 5.91 Å². The zero-order chi connectivity index (χ0) is 20.6. The Hall–Kier alpha value is -2.48. The molecule has 1 aliphatic rings. The number of carbonyl (C=O) groups excluding carboxylic acids is 1. The van der Waals surface area contributed by atoms with E-state index in [9.17, 15) is 14.3 Å². The van der Waals surface area contributed by atoms with Crippen molar-refractivity contribution in [2.45, 2.75) is 12.7 Å². The molecule has 1 saturated heterocycles. The van der Waals surface area contributed by atoms with Crippen LogP contribution in [0.5, 0.6) is 5.75 Å². The predicted octanol–water partition coefficient (Wildman–Crippen LogP) is 2.17. The Labute approximate surface area is 170 Å². The van der Waals surface area contributed by atoms with Gasteiger partial charge >= 0.3 is 0 Å². The van der Waals surface area contributed by atoms with Crippen LogP contribution in [-0.2, 0) is 11.3 Å². The van der Waals surface area contributed by atoms with E-state index < -0.39 is 6.10 Å². The van der Waals surface area contributed by atoms with Crippen molar-refractivity contribution in [3.63, 3.8) is 0 Å². The maximum atomic E-state index is 13.6. The van der Waals surface area contributed by atoms with E-state index in [0.717, 1.165) is 0 Å². The first-order valence-electron chi connectivity index (χ1n) is 9.71. The number of hydrogen-bond acceptors (Lipinski definition) is 5. The van der Waals surface area contributed by atoms with Crippen molar-refractivity contribution in [2.75, 3.05) is 46.4 Å². The normalized spacial score (nSPS) is 15.9. The largest absolute Gasteiger partial charge is 0.497 e. The number of hydrogen-bond donors (Lipinski definition) is 1. The Bertz CT molecular complexity index is 809. The fourth-order valence-electron chi connectivity index (χ4n) is 3.34. The molecular weight excluding hydrogens is 375 g/mol. The van der Waals surface area contributed by atoms with E-state index >= 15 is 0 Å². The van der Waals surface area contributed by atoms with Crippen LogP contribution in [0.2, 0.25) is 0 Å². The second kappa shape index (κ2) is 10.3. The van der Waals surface area contributed by atoms with Crippen LogP contribution in [0.3, 0.4) is 0 Å². The van der Waals surface area contributed by atoms with Crippen LogP contribution in [0.4, 0.5) is 4.39 Å². The number of piperazine rings is 1. The summed E-state index contributed by atoms with van der Waals surface area (Å²) in [6.45, 7) is 3.28. The molecular formula is C22H27FN2O4. The highest BCUT2D eigenvalue weighted by Gasteiger charge is 2.23. The molecule has 1 heterocycles. The molecule has 29 heavy (non-hydrogen) atoms. The second-order valence-corrected chi connectivity index (χ2v) is 7.09. The van der Waals surface area contributed by atoms with Crippen molar-refractivity contribution in [1.29, 1.82) is 0 Å². The Morgan fingerprint density at radius 1 is 1.14 bits per heavy atom. The molecule has 1 aliphatic heterocycles. The fraction of sp³-hybridized carbons (Fsp3) is 0.409. The number of aliphatic hydroxyl groups excluding tert-OH is 1. The minimum absolute atomic E-state index is 0.0164. The lowest BCUT2D eigenvalue weighted by molar-refractivity contribution is 0.00143. The number of rotatable bonds is 8. The summed E-state index contributed by atoms with van der Waals surface area (Å²) in [6.07, 6.45) is -0.664. The SMILES string of the molecule is COc1cccc(C(=O)N2CCN(CC(O)COCc3ccccc3F)CC2)c1. The van der Waals surface area contributed by atoms with Crippen LogP contribution < -0.4 is 4.74 Å². The number of nitrogens with zero attached hydrogens (tertiary/aromatic N) is 2. The van der Waals surface area contributed by atoms with E-state index in [1.807, 2.05) is 11.0 Å². The summed E-state index contributed by atoms with van der Waals surface area (Å²) >= 11 is 0. The lowest BCUT2D eigenvalue weighted by Crippen LogP contribution is -2.50. The number of carbonyl (C=O) groups is 1. The fourth-order valence-corrected chi connectivity index (χ4v) is 3.34. The van der Waals surface area contributed by atoms with E-state index in [1.54, 1.807) is 43.5 Å². The summed E-state index contributed by atoms with van der Waals surface area (Å²) in [5.74, 6) is 0.337. The van der Waals surface area contributed by atoms with Crippen LogP contribution in [0, 0.1) is 5.82 Å². The third-order valence-corrected chi connectivity index (χ3v) is 4.97. The summed E-state index contributed by atoms with van der Waals surface area (Å²) in [6, 6.07) is 13.6. The summed E-state index contributed by atoms with van der Waals surface area (Å²) in [5.41, 5.74) is 1.09. The van der Waals surface area contributed by atoms with Gasteiger partial charge in [0.15, 0.2) is 0 Å². The molecule has 0 radical (unpaired) electrons. The third kappa shape index (κ3) is 6.00. The zero-order valence-electron chi connectivity index (χ0n) is 16.6. The molecule has 3 rings (SSSR count). The monoisotopic (exact) mass is 402 g/mol. The molecule has 1 unspecified atom stereocenters. The van der Waals surface area contributed by atoms with E-state index in [1.165, 1.54) is 6.07 Å². The lowest BCUT2D eigenvalue weighted by Gasteiger charge is -2.35. The predicted molar refractivity (Wildman–Crippen MR) is 107 cm³/mol. The van der Waals surface area contributed by atoms with Gasteiger partial charge in [-0.3, -0.25) is 9.69 Å². The number of amides is 1. The lowest BCUT2D eigenvalue weighted by atomic mass is 10.1. The standard InChI is InChI=1S/C22H27FN2O4/c1-28-20-7-4-6-17(13-20)22(27)25-11-9-24(10-12-25)14-19(26)16-29-15-18-5-2-3-8-21(18)23/h2-8,13,19,26H,9-12,14-16H2,1H3. The number of β-amino-alcohol motifs (C(OH)–C–C–N with tert-alkyl or cyclic N) is 1. The van der Waals surface area contributed by atoms with Gasteiger partial charge in [0.25, 0.3) is 5.91 Å². The van der Waals surface area contributed by atoms with Gasteiger partial charge in [-0.15, -0.1) is 0 Å². The van der Waals surface area contributed by atoms with Gasteiger partial charge in [0.05, 0.1) is 26.4 Å². The molecule has 0 bridgehead atoms. The minimum atomic E-state index is -0.664.